The van der Waals surface area contributed by atoms with Crippen LogP contribution < -0.4 is 19.5 Å². The van der Waals surface area contributed by atoms with Crippen LogP contribution in [0.4, 0.5) is 5.69 Å². The molecule has 2 aromatic carbocycles. The number of nitrogens with one attached hydrogen (secondary N) is 2. The summed E-state index contributed by atoms with van der Waals surface area (Å²) in [6, 6.07) is 10.4. The van der Waals surface area contributed by atoms with E-state index in [1.54, 1.807) is 12.1 Å². The molecule has 0 atom stereocenters. The first-order valence-corrected chi connectivity index (χ1v) is 9.25. The minimum Gasteiger partial charge on any atom is -0.465 e. The van der Waals surface area contributed by atoms with Crippen molar-refractivity contribution in [3.63, 3.8) is 0 Å². The van der Waals surface area contributed by atoms with Crippen molar-refractivity contribution in [2.75, 3.05) is 25.8 Å². The molecule has 0 fully saturated rings. The van der Waals surface area contributed by atoms with Crippen molar-refractivity contribution in [2.24, 2.45) is 0 Å². The van der Waals surface area contributed by atoms with Crippen molar-refractivity contribution < 1.29 is 32.2 Å². The number of carbonyl (C=O) groups is 2. The Labute approximate surface area is 155 Å². The SMILES string of the molecule is COC(=O)c1ccccc1NC(=O)CNS(=O)(=O)c1ccc2c(c1)OCO2. The van der Waals surface area contributed by atoms with Gasteiger partial charge in [-0.05, 0) is 24.3 Å². The average molecular weight is 392 g/mol. The molecule has 9 nitrogen and oxygen atoms in total. The lowest BCUT2D eigenvalue weighted by Crippen LogP contribution is -2.33. The third kappa shape index (κ3) is 4.18. The van der Waals surface area contributed by atoms with E-state index in [1.807, 2.05) is 0 Å². The molecule has 0 aliphatic carbocycles. The number of hydrogen-bond acceptors (Lipinski definition) is 7. The fourth-order valence-corrected chi connectivity index (χ4v) is 3.36. The van der Waals surface area contributed by atoms with Crippen LogP contribution in [0.3, 0.4) is 0 Å². The number of sulfonamides is 1. The van der Waals surface area contributed by atoms with Gasteiger partial charge in [0.1, 0.15) is 0 Å². The van der Waals surface area contributed by atoms with E-state index in [-0.39, 0.29) is 22.9 Å². The van der Waals surface area contributed by atoms with E-state index in [9.17, 15) is 18.0 Å². The van der Waals surface area contributed by atoms with Crippen LogP contribution in [-0.4, -0.2) is 40.7 Å². The predicted octanol–water partition coefficient (Wildman–Crippen LogP) is 1.12. The molecule has 10 heteroatoms. The van der Waals surface area contributed by atoms with Gasteiger partial charge in [-0.15, -0.1) is 0 Å². The number of amides is 1. The molecule has 3 rings (SSSR count). The summed E-state index contributed by atoms with van der Waals surface area (Å²) >= 11 is 0. The second-order valence-electron chi connectivity index (χ2n) is 5.42. The van der Waals surface area contributed by atoms with Gasteiger partial charge >= 0.3 is 5.97 Å². The number of hydrogen-bond donors (Lipinski definition) is 2. The largest absolute Gasteiger partial charge is 0.465 e. The lowest BCUT2D eigenvalue weighted by Gasteiger charge is -2.11. The zero-order valence-electron chi connectivity index (χ0n) is 14.2. The molecule has 0 radical (unpaired) electrons. The van der Waals surface area contributed by atoms with Crippen LogP contribution in [0.15, 0.2) is 47.4 Å². The second-order valence-corrected chi connectivity index (χ2v) is 7.19. The average Bonchev–Trinajstić information content (AvgIpc) is 3.14. The van der Waals surface area contributed by atoms with Crippen LogP contribution in [-0.2, 0) is 19.6 Å². The van der Waals surface area contributed by atoms with E-state index in [0.29, 0.717) is 11.5 Å². The molecule has 0 aromatic heterocycles. The molecule has 1 aliphatic heterocycles. The Kier molecular flexibility index (Phi) is 5.28. The second kappa shape index (κ2) is 7.64. The normalized spacial score (nSPS) is 12.5. The highest BCUT2D eigenvalue weighted by atomic mass is 32.2. The third-order valence-electron chi connectivity index (χ3n) is 3.68. The lowest BCUT2D eigenvalue weighted by atomic mass is 10.2. The van der Waals surface area contributed by atoms with Crippen molar-refractivity contribution in [1.82, 2.24) is 4.72 Å². The summed E-state index contributed by atoms with van der Waals surface area (Å²) < 4.78 is 41.8. The monoisotopic (exact) mass is 392 g/mol. The van der Waals surface area contributed by atoms with E-state index in [2.05, 4.69) is 14.8 Å². The van der Waals surface area contributed by atoms with Crippen molar-refractivity contribution >= 4 is 27.6 Å². The quantitative estimate of drug-likeness (QED) is 0.707. The molecule has 142 valence electrons. The number of anilines is 1. The topological polar surface area (TPSA) is 120 Å². The molecule has 1 aliphatic rings. The van der Waals surface area contributed by atoms with Crippen molar-refractivity contribution in [3.05, 3.63) is 48.0 Å². The fourth-order valence-electron chi connectivity index (χ4n) is 2.36. The molecule has 0 bridgehead atoms. The summed E-state index contributed by atoms with van der Waals surface area (Å²) in [6.45, 7) is -0.499. The Balaban J connectivity index is 1.66. The molecule has 0 saturated heterocycles. The van der Waals surface area contributed by atoms with E-state index >= 15 is 0 Å². The van der Waals surface area contributed by atoms with Gasteiger partial charge in [-0.25, -0.2) is 17.9 Å². The number of rotatable bonds is 6. The number of esters is 1. The van der Waals surface area contributed by atoms with Gasteiger partial charge in [0.25, 0.3) is 0 Å². The van der Waals surface area contributed by atoms with Crippen LogP contribution in [0.25, 0.3) is 0 Å². The fraction of sp³-hybridized carbons (Fsp3) is 0.176. The van der Waals surface area contributed by atoms with Gasteiger partial charge in [-0.3, -0.25) is 4.79 Å². The number of carbonyl (C=O) groups excluding carboxylic acids is 2. The summed E-state index contributed by atoms with van der Waals surface area (Å²) in [4.78, 5) is 23.7. The summed E-state index contributed by atoms with van der Waals surface area (Å²) in [5.74, 6) is -0.497. The minimum absolute atomic E-state index is 0.0221. The Morgan fingerprint density at radius 1 is 1.11 bits per heavy atom. The first-order chi connectivity index (χ1) is 12.9. The van der Waals surface area contributed by atoms with E-state index in [4.69, 9.17) is 9.47 Å². The van der Waals surface area contributed by atoms with Crippen LogP contribution in [0.5, 0.6) is 11.5 Å². The maximum Gasteiger partial charge on any atom is 0.339 e. The summed E-state index contributed by atoms with van der Waals surface area (Å²) in [6.07, 6.45) is 0. The zero-order valence-corrected chi connectivity index (χ0v) is 15.0. The smallest absolute Gasteiger partial charge is 0.339 e. The molecule has 1 amide bonds. The third-order valence-corrected chi connectivity index (χ3v) is 5.08. The number of fused-ring (bicyclic) bond motifs is 1. The van der Waals surface area contributed by atoms with Crippen LogP contribution in [0.1, 0.15) is 10.4 Å². The maximum atomic E-state index is 12.3. The summed E-state index contributed by atoms with van der Waals surface area (Å²) in [5.41, 5.74) is 0.378. The van der Waals surface area contributed by atoms with Gasteiger partial charge < -0.3 is 19.5 Å². The molecule has 0 saturated carbocycles. The number of ether oxygens (including phenoxy) is 3. The highest BCUT2D eigenvalue weighted by molar-refractivity contribution is 7.89. The number of methoxy groups -OCH3 is 1. The zero-order chi connectivity index (χ0) is 19.4. The Bertz CT molecular complexity index is 989. The molecule has 0 spiro atoms. The van der Waals surface area contributed by atoms with Gasteiger partial charge in [-0.1, -0.05) is 12.1 Å². The van der Waals surface area contributed by atoms with Crippen molar-refractivity contribution in [2.45, 2.75) is 4.90 Å². The van der Waals surface area contributed by atoms with Crippen LogP contribution >= 0.6 is 0 Å². The molecular formula is C17H16N2O7S. The lowest BCUT2D eigenvalue weighted by molar-refractivity contribution is -0.115. The van der Waals surface area contributed by atoms with Gasteiger partial charge in [0.15, 0.2) is 11.5 Å². The highest BCUT2D eigenvalue weighted by Crippen LogP contribution is 2.33. The molecule has 1 heterocycles. The maximum absolute atomic E-state index is 12.3. The first kappa shape index (κ1) is 18.7. The molecular weight excluding hydrogens is 376 g/mol. The highest BCUT2D eigenvalue weighted by Gasteiger charge is 2.21. The van der Waals surface area contributed by atoms with Gasteiger partial charge in [0.05, 0.1) is 29.8 Å². The molecule has 27 heavy (non-hydrogen) atoms. The minimum atomic E-state index is -3.94. The molecule has 2 N–H and O–H groups in total. The Morgan fingerprint density at radius 2 is 1.85 bits per heavy atom. The summed E-state index contributed by atoms with van der Waals surface area (Å²) in [7, 11) is -2.72. The van der Waals surface area contributed by atoms with Gasteiger partial charge in [-0.2, -0.15) is 0 Å². The molecule has 2 aromatic rings. The van der Waals surface area contributed by atoms with Gasteiger partial charge in [0, 0.05) is 6.07 Å². The predicted molar refractivity (Wildman–Crippen MR) is 94.2 cm³/mol. The van der Waals surface area contributed by atoms with Crippen molar-refractivity contribution in [3.8, 4) is 11.5 Å². The first-order valence-electron chi connectivity index (χ1n) is 7.77. The summed E-state index contributed by atoms with van der Waals surface area (Å²) in [5, 5.41) is 2.48. The Morgan fingerprint density at radius 3 is 2.63 bits per heavy atom. The van der Waals surface area contributed by atoms with E-state index in [1.165, 1.54) is 37.4 Å². The van der Waals surface area contributed by atoms with Crippen LogP contribution in [0.2, 0.25) is 0 Å². The van der Waals surface area contributed by atoms with E-state index in [0.717, 1.165) is 0 Å². The molecule has 0 unspecified atom stereocenters. The van der Waals surface area contributed by atoms with Gasteiger partial charge in [0.2, 0.25) is 22.7 Å². The Hall–Kier alpha value is -3.11. The standard InChI is InChI=1S/C17H16N2O7S/c1-24-17(21)12-4-2-3-5-13(12)19-16(20)9-18-27(22,23)11-6-7-14-15(8-11)26-10-25-14/h2-8,18H,9-10H2,1H3,(H,19,20). The number of benzene rings is 2. The van der Waals surface area contributed by atoms with Crippen molar-refractivity contribution in [1.29, 1.82) is 0 Å². The van der Waals surface area contributed by atoms with Crippen LogP contribution in [0, 0.1) is 0 Å². The van der Waals surface area contributed by atoms with E-state index < -0.39 is 28.4 Å². The number of para-hydroxylation sites is 1.